The van der Waals surface area contributed by atoms with Gasteiger partial charge in [0, 0.05) is 22.5 Å². The van der Waals surface area contributed by atoms with Crippen molar-refractivity contribution in [2.24, 2.45) is 0 Å². The Kier molecular flexibility index (Phi) is 4.60. The number of halogens is 2. The van der Waals surface area contributed by atoms with E-state index in [0.717, 1.165) is 16.8 Å². The van der Waals surface area contributed by atoms with Crippen LogP contribution in [0.25, 0.3) is 11.1 Å². The summed E-state index contributed by atoms with van der Waals surface area (Å²) in [4.78, 5) is 16.3. The number of rotatable bonds is 3. The third-order valence-corrected chi connectivity index (χ3v) is 3.80. The second-order valence-corrected chi connectivity index (χ2v) is 5.70. The number of nitrogens with zero attached hydrogens (tertiary/aromatic N) is 1. The molecule has 0 spiro atoms. The summed E-state index contributed by atoms with van der Waals surface area (Å²) in [7, 11) is 0. The molecule has 23 heavy (non-hydrogen) atoms. The molecule has 1 amide bonds. The monoisotopic (exact) mass is 342 g/mol. The van der Waals surface area contributed by atoms with Gasteiger partial charge in [0.05, 0.1) is 5.56 Å². The number of amides is 1. The highest BCUT2D eigenvalue weighted by atomic mass is 35.5. The number of nitrogens with one attached hydrogen (secondary N) is 1. The van der Waals surface area contributed by atoms with E-state index in [2.05, 4.69) is 10.3 Å². The van der Waals surface area contributed by atoms with Crippen LogP contribution in [-0.4, -0.2) is 10.9 Å². The molecule has 0 saturated heterocycles. The number of para-hydroxylation sites is 1. The van der Waals surface area contributed by atoms with E-state index in [9.17, 15) is 4.79 Å². The Labute approximate surface area is 143 Å². The molecule has 0 atom stereocenters. The van der Waals surface area contributed by atoms with Crippen LogP contribution >= 0.6 is 23.2 Å². The Bertz CT molecular complexity index is 830. The van der Waals surface area contributed by atoms with Crippen molar-refractivity contribution in [2.45, 2.75) is 0 Å². The predicted molar refractivity (Wildman–Crippen MR) is 94.1 cm³/mol. The second-order valence-electron chi connectivity index (χ2n) is 4.88. The van der Waals surface area contributed by atoms with Crippen molar-refractivity contribution in [3.63, 3.8) is 0 Å². The number of carbonyl (C=O) groups is 1. The Morgan fingerprint density at radius 2 is 1.65 bits per heavy atom. The molecule has 1 aromatic heterocycles. The van der Waals surface area contributed by atoms with Crippen molar-refractivity contribution >= 4 is 34.8 Å². The normalized spacial score (nSPS) is 10.3. The second kappa shape index (κ2) is 6.82. The molecule has 0 bridgehead atoms. The predicted octanol–water partition coefficient (Wildman–Crippen LogP) is 5.31. The number of anilines is 1. The summed E-state index contributed by atoms with van der Waals surface area (Å²) >= 11 is 11.7. The van der Waals surface area contributed by atoms with Crippen molar-refractivity contribution < 1.29 is 4.79 Å². The average Bonchev–Trinajstić information content (AvgIpc) is 2.57. The standard InChI is InChI=1S/C18H12Cl2N2O/c19-14-8-5-12(6-9-14)15-3-1-2-4-16(15)22-18(23)13-7-10-17(20)21-11-13/h1-11H,(H,22,23). The highest BCUT2D eigenvalue weighted by molar-refractivity contribution is 6.30. The molecule has 114 valence electrons. The van der Waals surface area contributed by atoms with Crippen molar-refractivity contribution in [3.05, 3.63) is 82.6 Å². The minimum Gasteiger partial charge on any atom is -0.321 e. The van der Waals surface area contributed by atoms with Gasteiger partial charge in [-0.05, 0) is 35.9 Å². The molecule has 3 aromatic rings. The fourth-order valence-electron chi connectivity index (χ4n) is 2.18. The molecule has 3 rings (SSSR count). The summed E-state index contributed by atoms with van der Waals surface area (Å²) in [6, 6.07) is 18.3. The van der Waals surface area contributed by atoms with Crippen LogP contribution in [0.4, 0.5) is 5.69 Å². The van der Waals surface area contributed by atoms with Gasteiger partial charge in [-0.2, -0.15) is 0 Å². The van der Waals surface area contributed by atoms with Crippen LogP contribution in [0.3, 0.4) is 0 Å². The zero-order valence-electron chi connectivity index (χ0n) is 12.0. The molecular weight excluding hydrogens is 331 g/mol. The van der Waals surface area contributed by atoms with Crippen molar-refractivity contribution in [3.8, 4) is 11.1 Å². The highest BCUT2D eigenvalue weighted by Gasteiger charge is 2.10. The lowest BCUT2D eigenvalue weighted by molar-refractivity contribution is 0.102. The Morgan fingerprint density at radius 3 is 2.35 bits per heavy atom. The lowest BCUT2D eigenvalue weighted by atomic mass is 10.0. The fourth-order valence-corrected chi connectivity index (χ4v) is 2.42. The molecule has 0 aliphatic heterocycles. The first-order valence-corrected chi connectivity index (χ1v) is 7.67. The molecule has 1 heterocycles. The summed E-state index contributed by atoms with van der Waals surface area (Å²) in [6.07, 6.45) is 1.45. The van der Waals surface area contributed by atoms with Crippen LogP contribution in [0.5, 0.6) is 0 Å². The van der Waals surface area contributed by atoms with Gasteiger partial charge in [0.2, 0.25) is 0 Å². The molecule has 0 radical (unpaired) electrons. The first-order valence-electron chi connectivity index (χ1n) is 6.91. The molecule has 3 nitrogen and oxygen atoms in total. The van der Waals surface area contributed by atoms with Gasteiger partial charge in [-0.3, -0.25) is 4.79 Å². The van der Waals surface area contributed by atoms with Gasteiger partial charge in [-0.25, -0.2) is 4.98 Å². The van der Waals surface area contributed by atoms with Crippen LogP contribution in [0, 0.1) is 0 Å². The maximum atomic E-state index is 12.3. The average molecular weight is 343 g/mol. The maximum absolute atomic E-state index is 12.3. The van der Waals surface area contributed by atoms with Gasteiger partial charge in [0.15, 0.2) is 0 Å². The summed E-state index contributed by atoms with van der Waals surface area (Å²) in [6.45, 7) is 0. The SMILES string of the molecule is O=C(Nc1ccccc1-c1ccc(Cl)cc1)c1ccc(Cl)nc1. The largest absolute Gasteiger partial charge is 0.321 e. The molecule has 5 heteroatoms. The topological polar surface area (TPSA) is 42.0 Å². The van der Waals surface area contributed by atoms with Crippen molar-refractivity contribution in [2.75, 3.05) is 5.32 Å². The zero-order chi connectivity index (χ0) is 16.2. The highest BCUT2D eigenvalue weighted by Crippen LogP contribution is 2.29. The van der Waals surface area contributed by atoms with E-state index in [4.69, 9.17) is 23.2 Å². The minimum atomic E-state index is -0.240. The van der Waals surface area contributed by atoms with E-state index in [1.165, 1.54) is 6.20 Å². The number of aromatic nitrogens is 1. The smallest absolute Gasteiger partial charge is 0.257 e. The molecule has 0 unspecified atom stereocenters. The number of carbonyl (C=O) groups excluding carboxylic acids is 1. The summed E-state index contributed by atoms with van der Waals surface area (Å²) in [5, 5.41) is 3.92. The molecule has 0 fully saturated rings. The first kappa shape index (κ1) is 15.5. The van der Waals surface area contributed by atoms with E-state index >= 15 is 0 Å². The van der Waals surface area contributed by atoms with E-state index in [1.54, 1.807) is 12.1 Å². The number of hydrogen-bond acceptors (Lipinski definition) is 2. The lowest BCUT2D eigenvalue weighted by Gasteiger charge is -2.11. The molecule has 2 aromatic carbocycles. The van der Waals surface area contributed by atoms with E-state index in [-0.39, 0.29) is 5.91 Å². The summed E-state index contributed by atoms with van der Waals surface area (Å²) in [5.41, 5.74) is 3.05. The van der Waals surface area contributed by atoms with Gasteiger partial charge < -0.3 is 5.32 Å². The fraction of sp³-hybridized carbons (Fsp3) is 0. The number of benzene rings is 2. The molecule has 0 saturated carbocycles. The van der Waals surface area contributed by atoms with Crippen molar-refractivity contribution in [1.29, 1.82) is 0 Å². The van der Waals surface area contributed by atoms with Crippen LogP contribution in [0.2, 0.25) is 10.2 Å². The zero-order valence-corrected chi connectivity index (χ0v) is 13.5. The maximum Gasteiger partial charge on any atom is 0.257 e. The van der Waals surface area contributed by atoms with Gasteiger partial charge in [-0.1, -0.05) is 53.5 Å². The van der Waals surface area contributed by atoms with Gasteiger partial charge in [0.25, 0.3) is 5.91 Å². The van der Waals surface area contributed by atoms with Gasteiger partial charge >= 0.3 is 0 Å². The Hall–Kier alpha value is -2.36. The van der Waals surface area contributed by atoms with Crippen LogP contribution in [0.1, 0.15) is 10.4 Å². The van der Waals surface area contributed by atoms with E-state index < -0.39 is 0 Å². The van der Waals surface area contributed by atoms with Crippen LogP contribution < -0.4 is 5.32 Å². The number of pyridine rings is 1. The molecular formula is C18H12Cl2N2O. The van der Waals surface area contributed by atoms with Gasteiger partial charge in [0.1, 0.15) is 5.15 Å². The summed E-state index contributed by atoms with van der Waals surface area (Å²) in [5.74, 6) is -0.240. The first-order chi connectivity index (χ1) is 11.1. The minimum absolute atomic E-state index is 0.240. The van der Waals surface area contributed by atoms with E-state index in [0.29, 0.717) is 15.7 Å². The molecule has 1 N–H and O–H groups in total. The number of hydrogen-bond donors (Lipinski definition) is 1. The Morgan fingerprint density at radius 1 is 0.913 bits per heavy atom. The lowest BCUT2D eigenvalue weighted by Crippen LogP contribution is -2.12. The van der Waals surface area contributed by atoms with Gasteiger partial charge in [-0.15, -0.1) is 0 Å². The van der Waals surface area contributed by atoms with Crippen molar-refractivity contribution in [1.82, 2.24) is 4.98 Å². The van der Waals surface area contributed by atoms with E-state index in [1.807, 2.05) is 48.5 Å². The molecule has 0 aliphatic rings. The third-order valence-electron chi connectivity index (χ3n) is 3.32. The molecule has 0 aliphatic carbocycles. The van der Waals surface area contributed by atoms with Crippen LogP contribution in [-0.2, 0) is 0 Å². The third kappa shape index (κ3) is 3.70. The Balaban J connectivity index is 1.90. The summed E-state index contributed by atoms with van der Waals surface area (Å²) < 4.78 is 0. The quantitative estimate of drug-likeness (QED) is 0.655. The van der Waals surface area contributed by atoms with Crippen LogP contribution in [0.15, 0.2) is 66.9 Å².